The molecule has 3 heteroatoms. The second-order valence-electron chi connectivity index (χ2n) is 5.32. The second kappa shape index (κ2) is 6.66. The molecule has 21 heavy (non-hydrogen) atoms. The normalized spacial score (nSPS) is 19.6. The Labute approximate surface area is 125 Å². The van der Waals surface area contributed by atoms with Crippen LogP contribution in [0.25, 0.3) is 0 Å². The number of hydroxylamine groups is 2. The predicted molar refractivity (Wildman–Crippen MR) is 81.4 cm³/mol. The summed E-state index contributed by atoms with van der Waals surface area (Å²) in [7, 11) is 0. The summed E-state index contributed by atoms with van der Waals surface area (Å²) in [5.41, 5.74) is 2.28. The van der Waals surface area contributed by atoms with E-state index >= 15 is 0 Å². The molecule has 1 fully saturated rings. The molecule has 108 valence electrons. The Kier molecular flexibility index (Phi) is 4.43. The minimum atomic E-state index is 0.0242. The monoisotopic (exact) mass is 281 g/mol. The van der Waals surface area contributed by atoms with Crippen LogP contribution in [-0.4, -0.2) is 17.4 Å². The summed E-state index contributed by atoms with van der Waals surface area (Å²) in [4.78, 5) is 17.7. The van der Waals surface area contributed by atoms with Gasteiger partial charge in [-0.25, -0.2) is 0 Å². The van der Waals surface area contributed by atoms with E-state index in [2.05, 4.69) is 12.1 Å². The molecule has 0 amide bonds. The van der Waals surface area contributed by atoms with Crippen LogP contribution in [0, 0.1) is 0 Å². The molecular weight excluding hydrogens is 262 g/mol. The largest absolute Gasteiger partial charge is 0.300 e. The average Bonchev–Trinajstić information content (AvgIpc) is 2.55. The SMILES string of the molecule is O=C1CCN(OCc2ccccc2)C(c2ccccc2)C1. The standard InChI is InChI=1S/C18H19NO2/c20-17-11-12-19(21-14-15-7-3-1-4-8-15)18(13-17)16-9-5-2-6-10-16/h1-10,18H,11-14H2. The second-order valence-corrected chi connectivity index (χ2v) is 5.32. The first-order chi connectivity index (χ1) is 10.3. The Hall–Kier alpha value is -1.97. The molecule has 1 unspecified atom stereocenters. The van der Waals surface area contributed by atoms with Gasteiger partial charge < -0.3 is 0 Å². The van der Waals surface area contributed by atoms with Crippen molar-refractivity contribution in [3.8, 4) is 0 Å². The summed E-state index contributed by atoms with van der Waals surface area (Å²) in [6.45, 7) is 1.20. The Balaban J connectivity index is 1.71. The van der Waals surface area contributed by atoms with Crippen LogP contribution in [0.1, 0.15) is 30.0 Å². The van der Waals surface area contributed by atoms with E-state index in [0.717, 1.165) is 11.1 Å². The van der Waals surface area contributed by atoms with Gasteiger partial charge in [-0.3, -0.25) is 9.63 Å². The minimum Gasteiger partial charge on any atom is -0.300 e. The summed E-state index contributed by atoms with van der Waals surface area (Å²) >= 11 is 0. The van der Waals surface area contributed by atoms with Crippen molar-refractivity contribution in [2.45, 2.75) is 25.5 Å². The zero-order chi connectivity index (χ0) is 14.5. The number of carbonyl (C=O) groups is 1. The van der Waals surface area contributed by atoms with Gasteiger partial charge in [-0.15, -0.1) is 0 Å². The Morgan fingerprint density at radius 3 is 2.38 bits per heavy atom. The van der Waals surface area contributed by atoms with E-state index in [1.54, 1.807) is 0 Å². The van der Waals surface area contributed by atoms with Crippen LogP contribution >= 0.6 is 0 Å². The number of Topliss-reactive ketones (excluding diaryl/α,β-unsaturated/α-hetero) is 1. The van der Waals surface area contributed by atoms with Gasteiger partial charge in [-0.1, -0.05) is 60.7 Å². The Morgan fingerprint density at radius 1 is 1.00 bits per heavy atom. The van der Waals surface area contributed by atoms with Crippen LogP contribution < -0.4 is 0 Å². The molecule has 0 aromatic heterocycles. The summed E-state index contributed by atoms with van der Waals surface area (Å²) < 4.78 is 0. The van der Waals surface area contributed by atoms with E-state index in [-0.39, 0.29) is 6.04 Å². The maximum atomic E-state index is 11.8. The van der Waals surface area contributed by atoms with Gasteiger partial charge in [0.25, 0.3) is 0 Å². The Morgan fingerprint density at radius 2 is 1.67 bits per heavy atom. The molecule has 3 rings (SSSR count). The highest BCUT2D eigenvalue weighted by atomic mass is 16.7. The maximum Gasteiger partial charge on any atom is 0.136 e. The molecule has 0 N–H and O–H groups in total. The fourth-order valence-electron chi connectivity index (χ4n) is 2.66. The van der Waals surface area contributed by atoms with E-state index in [1.807, 2.05) is 53.6 Å². The van der Waals surface area contributed by atoms with Crippen molar-refractivity contribution in [1.82, 2.24) is 5.06 Å². The minimum absolute atomic E-state index is 0.0242. The van der Waals surface area contributed by atoms with E-state index in [1.165, 1.54) is 0 Å². The molecule has 3 nitrogen and oxygen atoms in total. The zero-order valence-electron chi connectivity index (χ0n) is 11.9. The quantitative estimate of drug-likeness (QED) is 0.858. The molecule has 0 bridgehead atoms. The fraction of sp³-hybridized carbons (Fsp3) is 0.278. The lowest BCUT2D eigenvalue weighted by Crippen LogP contribution is -2.37. The first-order valence-corrected chi connectivity index (χ1v) is 7.33. The molecular formula is C18H19NO2. The van der Waals surface area contributed by atoms with Crippen LogP contribution in [0.15, 0.2) is 60.7 Å². The summed E-state index contributed by atoms with van der Waals surface area (Å²) in [6, 6.07) is 20.2. The van der Waals surface area contributed by atoms with Gasteiger partial charge in [0.05, 0.1) is 12.6 Å². The number of ketones is 1. The van der Waals surface area contributed by atoms with Gasteiger partial charge in [0, 0.05) is 19.4 Å². The molecule has 1 aliphatic rings. The lowest BCUT2D eigenvalue weighted by Gasteiger charge is -2.34. The van der Waals surface area contributed by atoms with Crippen molar-refractivity contribution < 1.29 is 9.63 Å². The van der Waals surface area contributed by atoms with Gasteiger partial charge >= 0.3 is 0 Å². The van der Waals surface area contributed by atoms with Crippen molar-refractivity contribution in [1.29, 1.82) is 0 Å². The topological polar surface area (TPSA) is 29.5 Å². The number of rotatable bonds is 4. The molecule has 0 saturated carbocycles. The van der Waals surface area contributed by atoms with Crippen molar-refractivity contribution in [2.75, 3.05) is 6.54 Å². The van der Waals surface area contributed by atoms with Gasteiger partial charge in [0.2, 0.25) is 0 Å². The van der Waals surface area contributed by atoms with Gasteiger partial charge in [-0.05, 0) is 11.1 Å². The lowest BCUT2D eigenvalue weighted by molar-refractivity contribution is -0.208. The van der Waals surface area contributed by atoms with E-state index in [9.17, 15) is 4.79 Å². The Bertz CT molecular complexity index is 583. The van der Waals surface area contributed by atoms with Crippen LogP contribution in [0.3, 0.4) is 0 Å². The van der Waals surface area contributed by atoms with E-state index in [0.29, 0.717) is 31.8 Å². The number of hydrogen-bond acceptors (Lipinski definition) is 3. The van der Waals surface area contributed by atoms with Crippen LogP contribution in [-0.2, 0) is 16.2 Å². The zero-order valence-corrected chi connectivity index (χ0v) is 11.9. The smallest absolute Gasteiger partial charge is 0.136 e. The molecule has 0 radical (unpaired) electrons. The maximum absolute atomic E-state index is 11.8. The lowest BCUT2D eigenvalue weighted by atomic mass is 9.96. The summed E-state index contributed by atoms with van der Waals surface area (Å²) in [6.07, 6.45) is 1.09. The highest BCUT2D eigenvalue weighted by Crippen LogP contribution is 2.29. The number of hydrogen-bond donors (Lipinski definition) is 0. The highest BCUT2D eigenvalue weighted by Gasteiger charge is 2.29. The molecule has 1 aliphatic heterocycles. The van der Waals surface area contributed by atoms with Crippen LogP contribution in [0.5, 0.6) is 0 Å². The number of benzene rings is 2. The third-order valence-corrected chi connectivity index (χ3v) is 3.80. The van der Waals surface area contributed by atoms with Crippen molar-refractivity contribution in [3.05, 3.63) is 71.8 Å². The molecule has 0 spiro atoms. The first-order valence-electron chi connectivity index (χ1n) is 7.33. The number of nitrogens with zero attached hydrogens (tertiary/aromatic N) is 1. The molecule has 0 aliphatic carbocycles. The third kappa shape index (κ3) is 3.57. The first kappa shape index (κ1) is 14.0. The third-order valence-electron chi connectivity index (χ3n) is 3.80. The molecule has 2 aromatic rings. The average molecular weight is 281 g/mol. The fourth-order valence-corrected chi connectivity index (χ4v) is 2.66. The van der Waals surface area contributed by atoms with E-state index in [4.69, 9.17) is 4.84 Å². The highest BCUT2D eigenvalue weighted by molar-refractivity contribution is 5.80. The number of piperidine rings is 1. The van der Waals surface area contributed by atoms with Gasteiger partial charge in [0.1, 0.15) is 5.78 Å². The molecule has 1 saturated heterocycles. The summed E-state index contributed by atoms with van der Waals surface area (Å²) in [5.74, 6) is 0.309. The summed E-state index contributed by atoms with van der Waals surface area (Å²) in [5, 5.41) is 1.96. The number of carbonyl (C=O) groups excluding carboxylic acids is 1. The van der Waals surface area contributed by atoms with Crippen molar-refractivity contribution >= 4 is 5.78 Å². The molecule has 2 aromatic carbocycles. The van der Waals surface area contributed by atoms with Gasteiger partial charge in [0.15, 0.2) is 0 Å². The van der Waals surface area contributed by atoms with Crippen molar-refractivity contribution in [2.24, 2.45) is 0 Å². The van der Waals surface area contributed by atoms with E-state index < -0.39 is 0 Å². The van der Waals surface area contributed by atoms with Crippen LogP contribution in [0.2, 0.25) is 0 Å². The van der Waals surface area contributed by atoms with Crippen LogP contribution in [0.4, 0.5) is 0 Å². The molecule has 1 heterocycles. The predicted octanol–water partition coefficient (Wildman–Crippen LogP) is 3.52. The molecule has 1 atom stereocenters. The van der Waals surface area contributed by atoms with Crippen molar-refractivity contribution in [3.63, 3.8) is 0 Å². The van der Waals surface area contributed by atoms with Gasteiger partial charge in [-0.2, -0.15) is 5.06 Å².